The molecule has 2 heterocycles. The Morgan fingerprint density at radius 1 is 1.16 bits per heavy atom. The molecule has 1 fully saturated rings. The summed E-state index contributed by atoms with van der Waals surface area (Å²) in [5.74, 6) is 0.0647. The third-order valence-electron chi connectivity index (χ3n) is 5.06. The lowest BCUT2D eigenvalue weighted by molar-refractivity contribution is -0.132. The molecule has 1 aliphatic rings. The molecule has 1 aromatic heterocycles. The van der Waals surface area contributed by atoms with Crippen LogP contribution < -0.4 is 5.56 Å². The molecule has 0 radical (unpaired) electrons. The second-order valence-electron chi connectivity index (χ2n) is 6.89. The summed E-state index contributed by atoms with van der Waals surface area (Å²) >= 11 is 0. The minimum Gasteiger partial charge on any atom is -0.338 e. The molecule has 1 saturated heterocycles. The molecule has 4 heteroatoms. The molecule has 1 amide bonds. The molecule has 132 valence electrons. The van der Waals surface area contributed by atoms with E-state index >= 15 is 0 Å². The van der Waals surface area contributed by atoms with Crippen LogP contribution in [0.1, 0.15) is 36.8 Å². The minimum atomic E-state index is -0.0734. The smallest absolute Gasteiger partial charge is 0.253 e. The summed E-state index contributed by atoms with van der Waals surface area (Å²) in [6.07, 6.45) is 7.00. The van der Waals surface area contributed by atoms with Crippen molar-refractivity contribution < 1.29 is 4.79 Å². The van der Waals surface area contributed by atoms with E-state index in [1.807, 2.05) is 17.0 Å². The van der Waals surface area contributed by atoms with Crippen LogP contribution in [0.25, 0.3) is 0 Å². The van der Waals surface area contributed by atoms with E-state index in [0.717, 1.165) is 38.6 Å². The highest BCUT2D eigenvalue weighted by atomic mass is 16.2. The fraction of sp³-hybridized carbons (Fsp3) is 0.429. The van der Waals surface area contributed by atoms with E-state index in [4.69, 9.17) is 0 Å². The first-order valence-corrected chi connectivity index (χ1v) is 9.14. The molecule has 4 nitrogen and oxygen atoms in total. The van der Waals surface area contributed by atoms with Gasteiger partial charge in [-0.05, 0) is 50.7 Å². The van der Waals surface area contributed by atoms with Crippen molar-refractivity contribution in [1.29, 1.82) is 0 Å². The van der Waals surface area contributed by atoms with Gasteiger partial charge >= 0.3 is 0 Å². The van der Waals surface area contributed by atoms with Crippen molar-refractivity contribution in [3.05, 3.63) is 70.1 Å². The number of carbonyl (C=O) groups excluding carboxylic acids is 1. The topological polar surface area (TPSA) is 42.3 Å². The van der Waals surface area contributed by atoms with Crippen LogP contribution in [-0.2, 0) is 17.8 Å². The molecular formula is C21H26N2O2. The van der Waals surface area contributed by atoms with Gasteiger partial charge in [-0.1, -0.05) is 36.4 Å². The Morgan fingerprint density at radius 3 is 2.76 bits per heavy atom. The van der Waals surface area contributed by atoms with E-state index < -0.39 is 0 Å². The molecule has 2 aromatic rings. The minimum absolute atomic E-state index is 0.0647. The van der Waals surface area contributed by atoms with Gasteiger partial charge in [0.05, 0.1) is 0 Å². The van der Waals surface area contributed by atoms with Crippen LogP contribution in [0.2, 0.25) is 0 Å². The lowest BCUT2D eigenvalue weighted by Gasteiger charge is -2.25. The van der Waals surface area contributed by atoms with Crippen molar-refractivity contribution >= 4 is 5.91 Å². The molecule has 0 bridgehead atoms. The largest absolute Gasteiger partial charge is 0.338 e. The first kappa shape index (κ1) is 17.5. The fourth-order valence-electron chi connectivity index (χ4n) is 3.67. The van der Waals surface area contributed by atoms with Crippen molar-refractivity contribution in [2.45, 2.75) is 51.6 Å². The molecule has 0 saturated carbocycles. The van der Waals surface area contributed by atoms with Crippen molar-refractivity contribution in [3.8, 4) is 0 Å². The number of amides is 1. The predicted octanol–water partition coefficient (Wildman–Crippen LogP) is 3.17. The highest BCUT2D eigenvalue weighted by Gasteiger charge is 2.28. The van der Waals surface area contributed by atoms with Gasteiger partial charge in [0, 0.05) is 24.3 Å². The van der Waals surface area contributed by atoms with Crippen LogP contribution in [0, 0.1) is 6.92 Å². The van der Waals surface area contributed by atoms with E-state index in [1.54, 1.807) is 19.2 Å². The normalized spacial score (nSPS) is 17.0. The van der Waals surface area contributed by atoms with Crippen molar-refractivity contribution in [3.63, 3.8) is 0 Å². The fourth-order valence-corrected chi connectivity index (χ4v) is 3.67. The zero-order valence-electron chi connectivity index (χ0n) is 14.9. The van der Waals surface area contributed by atoms with E-state index in [9.17, 15) is 9.59 Å². The number of pyridine rings is 1. The van der Waals surface area contributed by atoms with Crippen molar-refractivity contribution in [2.24, 2.45) is 0 Å². The summed E-state index contributed by atoms with van der Waals surface area (Å²) in [4.78, 5) is 26.8. The Labute approximate surface area is 149 Å². The lowest BCUT2D eigenvalue weighted by atomic mass is 10.0. The quantitative estimate of drug-likeness (QED) is 0.812. The zero-order chi connectivity index (χ0) is 17.6. The number of likely N-dealkylation sites (tertiary alicyclic amines) is 1. The summed E-state index contributed by atoms with van der Waals surface area (Å²) in [5, 5.41) is 0. The summed E-state index contributed by atoms with van der Waals surface area (Å²) in [6.45, 7) is 2.75. The maximum Gasteiger partial charge on any atom is 0.253 e. The molecule has 0 spiro atoms. The number of nitrogens with zero attached hydrogens (tertiary/aromatic N) is 2. The Bertz CT molecular complexity index is 767. The van der Waals surface area contributed by atoms with Crippen LogP contribution in [-0.4, -0.2) is 28.0 Å². The molecule has 1 unspecified atom stereocenters. The highest BCUT2D eigenvalue weighted by molar-refractivity contribution is 5.76. The SMILES string of the molecule is Cc1cccn(CC(=O)N2CCCC2CCCc2ccccc2)c1=O. The third-order valence-corrected chi connectivity index (χ3v) is 5.06. The second kappa shape index (κ2) is 8.15. The number of hydrogen-bond donors (Lipinski definition) is 0. The van der Waals surface area contributed by atoms with Crippen LogP contribution in [0.3, 0.4) is 0 Å². The van der Waals surface area contributed by atoms with E-state index in [1.165, 1.54) is 10.1 Å². The standard InChI is InChI=1S/C21H26N2O2/c1-17-8-6-14-22(21(17)25)16-20(24)23-15-7-13-19(23)12-5-11-18-9-3-2-4-10-18/h2-4,6,8-10,14,19H,5,7,11-13,15-16H2,1H3. The molecule has 0 aliphatic carbocycles. The number of aromatic nitrogens is 1. The van der Waals surface area contributed by atoms with Crippen molar-refractivity contribution in [1.82, 2.24) is 9.47 Å². The Kier molecular flexibility index (Phi) is 5.69. The van der Waals surface area contributed by atoms with Gasteiger partial charge in [-0.15, -0.1) is 0 Å². The van der Waals surface area contributed by atoms with Crippen LogP contribution >= 0.6 is 0 Å². The molecule has 1 atom stereocenters. The number of rotatable bonds is 6. The van der Waals surface area contributed by atoms with E-state index in [-0.39, 0.29) is 18.0 Å². The first-order chi connectivity index (χ1) is 12.1. The molecule has 0 N–H and O–H groups in total. The van der Waals surface area contributed by atoms with E-state index in [0.29, 0.717) is 11.6 Å². The van der Waals surface area contributed by atoms with Gasteiger partial charge in [-0.25, -0.2) is 0 Å². The molecule has 1 aliphatic heterocycles. The first-order valence-electron chi connectivity index (χ1n) is 9.14. The lowest BCUT2D eigenvalue weighted by Crippen LogP contribution is -2.39. The molecule has 1 aromatic carbocycles. The van der Waals surface area contributed by atoms with Crippen molar-refractivity contribution in [2.75, 3.05) is 6.54 Å². The van der Waals surface area contributed by atoms with Crippen LogP contribution in [0.5, 0.6) is 0 Å². The molecule has 3 rings (SSSR count). The Morgan fingerprint density at radius 2 is 1.96 bits per heavy atom. The average molecular weight is 338 g/mol. The summed E-state index contributed by atoms with van der Waals surface area (Å²) < 4.78 is 1.52. The van der Waals surface area contributed by atoms with Crippen LogP contribution in [0.15, 0.2) is 53.5 Å². The second-order valence-corrected chi connectivity index (χ2v) is 6.89. The summed E-state index contributed by atoms with van der Waals surface area (Å²) in [5.41, 5.74) is 1.96. The van der Waals surface area contributed by atoms with Gasteiger partial charge in [0.2, 0.25) is 5.91 Å². The number of benzene rings is 1. The summed E-state index contributed by atoms with van der Waals surface area (Å²) in [6, 6.07) is 14.4. The van der Waals surface area contributed by atoms with Gasteiger partial charge in [0.1, 0.15) is 6.54 Å². The molecular weight excluding hydrogens is 312 g/mol. The maximum absolute atomic E-state index is 12.7. The van der Waals surface area contributed by atoms with Gasteiger partial charge in [-0.3, -0.25) is 9.59 Å². The Hall–Kier alpha value is -2.36. The van der Waals surface area contributed by atoms with Gasteiger partial charge < -0.3 is 9.47 Å². The van der Waals surface area contributed by atoms with E-state index in [2.05, 4.69) is 24.3 Å². The maximum atomic E-state index is 12.7. The zero-order valence-corrected chi connectivity index (χ0v) is 14.9. The monoisotopic (exact) mass is 338 g/mol. The van der Waals surface area contributed by atoms with Crippen LogP contribution in [0.4, 0.5) is 0 Å². The Balaban J connectivity index is 1.56. The average Bonchev–Trinajstić information content (AvgIpc) is 3.08. The predicted molar refractivity (Wildman–Crippen MR) is 99.6 cm³/mol. The number of hydrogen-bond acceptors (Lipinski definition) is 2. The van der Waals surface area contributed by atoms with Gasteiger partial charge in [0.25, 0.3) is 5.56 Å². The molecule has 25 heavy (non-hydrogen) atoms. The third kappa shape index (κ3) is 4.38. The summed E-state index contributed by atoms with van der Waals surface area (Å²) in [7, 11) is 0. The number of carbonyl (C=O) groups is 1. The van der Waals surface area contributed by atoms with Gasteiger partial charge in [0.15, 0.2) is 0 Å². The van der Waals surface area contributed by atoms with Gasteiger partial charge in [-0.2, -0.15) is 0 Å². The highest BCUT2D eigenvalue weighted by Crippen LogP contribution is 2.22. The number of aryl methyl sites for hydroxylation is 2.